The van der Waals surface area contributed by atoms with Crippen LogP contribution in [0.5, 0.6) is 0 Å². The zero-order valence-corrected chi connectivity index (χ0v) is 15.2. The van der Waals surface area contributed by atoms with E-state index in [1.807, 2.05) is 0 Å². The molecule has 3 aromatic rings. The highest BCUT2D eigenvalue weighted by atomic mass is 16.6. The van der Waals surface area contributed by atoms with Crippen molar-refractivity contribution in [3.63, 3.8) is 0 Å². The number of rotatable bonds is 4. The Kier molecular flexibility index (Phi) is 4.36. The first-order valence-electron chi connectivity index (χ1n) is 8.68. The number of benzene rings is 1. The molecule has 1 aliphatic heterocycles. The summed E-state index contributed by atoms with van der Waals surface area (Å²) in [4.78, 5) is 26.1. The molecule has 0 radical (unpaired) electrons. The molecule has 0 unspecified atom stereocenters. The maximum absolute atomic E-state index is 11.8. The van der Waals surface area contributed by atoms with Crippen molar-refractivity contribution in [2.24, 2.45) is 0 Å². The lowest BCUT2D eigenvalue weighted by Gasteiger charge is -2.33. The van der Waals surface area contributed by atoms with Crippen LogP contribution < -0.4 is 9.80 Å². The second kappa shape index (κ2) is 6.84. The van der Waals surface area contributed by atoms with E-state index in [1.165, 1.54) is 6.33 Å². The van der Waals surface area contributed by atoms with Gasteiger partial charge in [0, 0.05) is 45.4 Å². The van der Waals surface area contributed by atoms with Gasteiger partial charge < -0.3 is 14.2 Å². The molecule has 9 heteroatoms. The van der Waals surface area contributed by atoms with E-state index in [1.54, 1.807) is 42.5 Å². The first kappa shape index (κ1) is 17.2. The van der Waals surface area contributed by atoms with Gasteiger partial charge in [-0.1, -0.05) is 0 Å². The summed E-state index contributed by atoms with van der Waals surface area (Å²) in [5.74, 6) is 1.16. The third-order valence-corrected chi connectivity index (χ3v) is 4.91. The smallest absolute Gasteiger partial charge is 0.293 e. The highest BCUT2D eigenvalue weighted by molar-refractivity contribution is 5.96. The molecule has 4 rings (SSSR count). The van der Waals surface area contributed by atoms with Gasteiger partial charge in [-0.2, -0.15) is 0 Å². The molecule has 140 valence electrons. The van der Waals surface area contributed by atoms with Gasteiger partial charge in [-0.05, 0) is 19.2 Å². The van der Waals surface area contributed by atoms with Crippen LogP contribution in [-0.4, -0.2) is 60.1 Å². The van der Waals surface area contributed by atoms with Crippen molar-refractivity contribution in [2.75, 3.05) is 50.1 Å². The fourth-order valence-corrected chi connectivity index (χ4v) is 3.35. The molecule has 0 amide bonds. The molecule has 27 heavy (non-hydrogen) atoms. The van der Waals surface area contributed by atoms with Crippen LogP contribution in [0.15, 0.2) is 41.3 Å². The molecule has 0 bridgehead atoms. The van der Waals surface area contributed by atoms with Crippen LogP contribution in [0.2, 0.25) is 0 Å². The number of nitro groups is 1. The van der Waals surface area contributed by atoms with Gasteiger partial charge in [0.15, 0.2) is 0 Å². The molecule has 0 saturated carbocycles. The predicted molar refractivity (Wildman–Crippen MR) is 103 cm³/mol. The standard InChI is InChI=1S/C18H20N6O3/c1-21-5-7-23(8-6-21)15-11-14-13(10-16(15)24(25)26)18(20-12-19-14)22(2)17-4-3-9-27-17/h3-4,9-12H,5-8H2,1-2H3. The maximum atomic E-state index is 11.8. The number of furan rings is 1. The summed E-state index contributed by atoms with van der Waals surface area (Å²) >= 11 is 0. The van der Waals surface area contributed by atoms with Crippen molar-refractivity contribution >= 4 is 34.0 Å². The van der Waals surface area contributed by atoms with Crippen LogP contribution >= 0.6 is 0 Å². The normalized spacial score (nSPS) is 15.3. The average molecular weight is 368 g/mol. The highest BCUT2D eigenvalue weighted by Crippen LogP contribution is 2.37. The van der Waals surface area contributed by atoms with Crippen LogP contribution in [0.1, 0.15) is 0 Å². The molecular weight excluding hydrogens is 348 g/mol. The number of piperazine rings is 1. The molecule has 1 saturated heterocycles. The second-order valence-corrected chi connectivity index (χ2v) is 6.61. The molecule has 2 aromatic heterocycles. The van der Waals surface area contributed by atoms with Crippen molar-refractivity contribution in [1.29, 1.82) is 0 Å². The van der Waals surface area contributed by atoms with Gasteiger partial charge in [0.1, 0.15) is 17.8 Å². The largest absolute Gasteiger partial charge is 0.448 e. The number of nitro benzene ring substituents is 1. The van der Waals surface area contributed by atoms with E-state index in [0.717, 1.165) is 26.2 Å². The summed E-state index contributed by atoms with van der Waals surface area (Å²) in [6, 6.07) is 6.95. The first-order valence-corrected chi connectivity index (χ1v) is 8.68. The summed E-state index contributed by atoms with van der Waals surface area (Å²) in [6.07, 6.45) is 3.04. The van der Waals surface area contributed by atoms with Gasteiger partial charge in [0.2, 0.25) is 5.88 Å². The molecule has 1 aliphatic rings. The third kappa shape index (κ3) is 3.17. The number of fused-ring (bicyclic) bond motifs is 1. The molecule has 1 aromatic carbocycles. The van der Waals surface area contributed by atoms with E-state index < -0.39 is 0 Å². The van der Waals surface area contributed by atoms with Crippen LogP contribution in [0.4, 0.5) is 23.1 Å². The number of aromatic nitrogens is 2. The predicted octanol–water partition coefficient (Wildman–Crippen LogP) is 2.65. The quantitative estimate of drug-likeness (QED) is 0.513. The molecule has 0 aliphatic carbocycles. The topological polar surface area (TPSA) is 91.8 Å². The van der Waals surface area contributed by atoms with Crippen molar-refractivity contribution in [2.45, 2.75) is 0 Å². The minimum Gasteiger partial charge on any atom is -0.448 e. The number of hydrogen-bond acceptors (Lipinski definition) is 8. The van der Waals surface area contributed by atoms with Crippen LogP contribution in [-0.2, 0) is 0 Å². The van der Waals surface area contributed by atoms with Crippen molar-refractivity contribution < 1.29 is 9.34 Å². The molecule has 9 nitrogen and oxygen atoms in total. The van der Waals surface area contributed by atoms with Crippen molar-refractivity contribution in [3.8, 4) is 0 Å². The van der Waals surface area contributed by atoms with Crippen molar-refractivity contribution in [3.05, 3.63) is 47.0 Å². The van der Waals surface area contributed by atoms with Crippen molar-refractivity contribution in [1.82, 2.24) is 14.9 Å². The van der Waals surface area contributed by atoms with E-state index in [2.05, 4.69) is 26.8 Å². The minimum absolute atomic E-state index is 0.0657. The summed E-state index contributed by atoms with van der Waals surface area (Å²) < 4.78 is 5.42. The Labute approximate surface area is 156 Å². The zero-order valence-electron chi connectivity index (χ0n) is 15.2. The van der Waals surface area contributed by atoms with Gasteiger partial charge in [-0.25, -0.2) is 9.97 Å². The highest BCUT2D eigenvalue weighted by Gasteiger charge is 2.25. The molecule has 1 fully saturated rings. The van der Waals surface area contributed by atoms with Crippen LogP contribution in [0.3, 0.4) is 0 Å². The van der Waals surface area contributed by atoms with E-state index >= 15 is 0 Å². The van der Waals surface area contributed by atoms with Gasteiger partial charge in [0.05, 0.1) is 22.1 Å². The second-order valence-electron chi connectivity index (χ2n) is 6.61. The Morgan fingerprint density at radius 3 is 2.67 bits per heavy atom. The lowest BCUT2D eigenvalue weighted by atomic mass is 10.1. The maximum Gasteiger partial charge on any atom is 0.293 e. The Morgan fingerprint density at radius 1 is 1.22 bits per heavy atom. The van der Waals surface area contributed by atoms with E-state index in [-0.39, 0.29) is 10.6 Å². The number of hydrogen-bond donors (Lipinski definition) is 0. The lowest BCUT2D eigenvalue weighted by Crippen LogP contribution is -2.44. The summed E-state index contributed by atoms with van der Waals surface area (Å²) in [7, 11) is 3.86. The summed E-state index contributed by atoms with van der Waals surface area (Å²) in [5, 5.41) is 12.4. The molecule has 3 heterocycles. The number of nitrogens with zero attached hydrogens (tertiary/aromatic N) is 6. The average Bonchev–Trinajstić information content (AvgIpc) is 3.21. The number of anilines is 3. The SMILES string of the molecule is CN1CCN(c2cc3ncnc(N(C)c4ccco4)c3cc2[N+](=O)[O-])CC1. The number of likely N-dealkylation sites (N-methyl/N-ethyl adjacent to an activating group) is 1. The molecule has 0 atom stereocenters. The van der Waals surface area contributed by atoms with Gasteiger partial charge in [-0.3, -0.25) is 15.0 Å². The third-order valence-electron chi connectivity index (χ3n) is 4.91. The molecular formula is C18H20N6O3. The lowest BCUT2D eigenvalue weighted by molar-refractivity contribution is -0.384. The van der Waals surface area contributed by atoms with Gasteiger partial charge >= 0.3 is 0 Å². The molecule has 0 N–H and O–H groups in total. The fraction of sp³-hybridized carbons (Fsp3) is 0.333. The Balaban J connectivity index is 1.83. The van der Waals surface area contributed by atoms with Crippen LogP contribution in [0.25, 0.3) is 10.9 Å². The Morgan fingerprint density at radius 2 is 2.00 bits per heavy atom. The van der Waals surface area contributed by atoms with E-state index in [0.29, 0.717) is 28.3 Å². The van der Waals surface area contributed by atoms with Gasteiger partial charge in [0.25, 0.3) is 5.69 Å². The Hall–Kier alpha value is -3.20. The van der Waals surface area contributed by atoms with Gasteiger partial charge in [-0.15, -0.1) is 0 Å². The summed E-state index contributed by atoms with van der Waals surface area (Å²) in [6.45, 7) is 3.22. The monoisotopic (exact) mass is 368 g/mol. The van der Waals surface area contributed by atoms with Crippen LogP contribution in [0, 0.1) is 10.1 Å². The Bertz CT molecular complexity index is 967. The zero-order chi connectivity index (χ0) is 19.0. The van der Waals surface area contributed by atoms with E-state index in [9.17, 15) is 10.1 Å². The first-order chi connectivity index (χ1) is 13.0. The fourth-order valence-electron chi connectivity index (χ4n) is 3.35. The van der Waals surface area contributed by atoms with E-state index in [4.69, 9.17) is 4.42 Å². The summed E-state index contributed by atoms with van der Waals surface area (Å²) in [5.41, 5.74) is 1.33. The minimum atomic E-state index is -0.337. The molecule has 0 spiro atoms.